The highest BCUT2D eigenvalue weighted by Gasteiger charge is 2.42. The fraction of sp³-hybridized carbons (Fsp3) is 0.346. The lowest BCUT2D eigenvalue weighted by atomic mass is 9.61. The predicted molar refractivity (Wildman–Crippen MR) is 116 cm³/mol. The van der Waals surface area contributed by atoms with Crippen molar-refractivity contribution in [2.75, 3.05) is 0 Å². The van der Waals surface area contributed by atoms with Gasteiger partial charge in [0.05, 0.1) is 17.7 Å². The summed E-state index contributed by atoms with van der Waals surface area (Å²) in [7, 11) is 0. The summed E-state index contributed by atoms with van der Waals surface area (Å²) < 4.78 is 2.40. The first-order chi connectivity index (χ1) is 13.7. The summed E-state index contributed by atoms with van der Waals surface area (Å²) in [6.45, 7) is 3.56. The molecule has 0 saturated heterocycles. The molecule has 1 fully saturated rings. The average molecular weight is 369 g/mol. The van der Waals surface area contributed by atoms with Crippen LogP contribution in [0, 0.1) is 11.3 Å². The Kier molecular flexibility index (Phi) is 4.43. The predicted octanol–water partition coefficient (Wildman–Crippen LogP) is 6.39. The first-order valence-corrected chi connectivity index (χ1v) is 10.6. The molecule has 0 bridgehead atoms. The summed E-state index contributed by atoms with van der Waals surface area (Å²) in [5, 5.41) is 0. The number of hydrogen-bond acceptors (Lipinski definition) is 1. The van der Waals surface area contributed by atoms with Crippen molar-refractivity contribution in [1.29, 1.82) is 0 Å². The molecule has 0 unspecified atom stereocenters. The first-order valence-electron chi connectivity index (χ1n) is 10.6. The third-order valence-corrected chi connectivity index (χ3v) is 6.99. The third-order valence-electron chi connectivity index (χ3n) is 6.99. The number of hydrogen-bond donors (Lipinski definition) is 0. The molecule has 2 heteroatoms. The summed E-state index contributed by atoms with van der Waals surface area (Å²) in [5.41, 5.74) is 7.00. The highest BCUT2D eigenvalue weighted by atomic mass is 15.1. The Morgan fingerprint density at radius 1 is 1.04 bits per heavy atom. The van der Waals surface area contributed by atoms with E-state index in [0.717, 1.165) is 18.2 Å². The Bertz CT molecular complexity index is 984. The zero-order chi connectivity index (χ0) is 19.0. The Morgan fingerprint density at radius 2 is 1.79 bits per heavy atom. The van der Waals surface area contributed by atoms with E-state index in [1.165, 1.54) is 48.9 Å². The van der Waals surface area contributed by atoms with Crippen LogP contribution in [0.3, 0.4) is 0 Å². The molecule has 1 saturated carbocycles. The summed E-state index contributed by atoms with van der Waals surface area (Å²) in [6.07, 6.45) is 10.9. The molecule has 0 spiro atoms. The first kappa shape index (κ1) is 17.5. The average Bonchev–Trinajstić information content (AvgIpc) is 3.14. The molecule has 0 N–H and O–H groups in total. The van der Waals surface area contributed by atoms with Gasteiger partial charge in [-0.3, -0.25) is 0 Å². The van der Waals surface area contributed by atoms with Crippen LogP contribution in [-0.4, -0.2) is 9.55 Å². The van der Waals surface area contributed by atoms with Crippen LogP contribution in [0.5, 0.6) is 0 Å². The van der Waals surface area contributed by atoms with E-state index in [4.69, 9.17) is 4.98 Å². The minimum Gasteiger partial charge on any atom is -0.330 e. The Hall–Kier alpha value is -2.61. The molecule has 1 aliphatic heterocycles. The molecule has 0 radical (unpaired) electrons. The quantitative estimate of drug-likeness (QED) is 0.522. The molecule has 2 atom stereocenters. The van der Waals surface area contributed by atoms with E-state index in [0.29, 0.717) is 0 Å². The maximum absolute atomic E-state index is 4.79. The third kappa shape index (κ3) is 3.01. The minimum absolute atomic E-state index is 0.259. The summed E-state index contributed by atoms with van der Waals surface area (Å²) in [4.78, 5) is 4.79. The summed E-state index contributed by atoms with van der Waals surface area (Å²) in [6, 6.07) is 21.6. The lowest BCUT2D eigenvalue weighted by Gasteiger charge is -2.46. The van der Waals surface area contributed by atoms with Crippen LogP contribution in [0.15, 0.2) is 72.6 Å². The number of fused-ring (bicyclic) bond motifs is 2. The second-order valence-corrected chi connectivity index (χ2v) is 8.67. The number of benzene rings is 2. The molecule has 1 aromatic heterocycles. The monoisotopic (exact) mass is 368 g/mol. The van der Waals surface area contributed by atoms with Crippen molar-refractivity contribution in [2.45, 2.75) is 45.6 Å². The van der Waals surface area contributed by atoms with Gasteiger partial charge >= 0.3 is 0 Å². The van der Waals surface area contributed by atoms with Crippen molar-refractivity contribution in [3.8, 4) is 11.3 Å². The van der Waals surface area contributed by atoms with E-state index < -0.39 is 0 Å². The van der Waals surface area contributed by atoms with Gasteiger partial charge in [0.2, 0.25) is 0 Å². The van der Waals surface area contributed by atoms with Crippen LogP contribution in [0.2, 0.25) is 0 Å². The SMILES string of the molecule is C[C@]12Cn3cnc(-c4ccccc4)c3C=C1CCC[C@@H]2CCc1ccccc1. The number of rotatable bonds is 4. The van der Waals surface area contributed by atoms with Gasteiger partial charge in [-0.2, -0.15) is 0 Å². The van der Waals surface area contributed by atoms with Crippen molar-refractivity contribution in [3.63, 3.8) is 0 Å². The Labute approximate surface area is 167 Å². The van der Waals surface area contributed by atoms with E-state index in [2.05, 4.69) is 84.6 Å². The molecule has 2 nitrogen and oxygen atoms in total. The summed E-state index contributed by atoms with van der Waals surface area (Å²) >= 11 is 0. The molecule has 3 aromatic rings. The van der Waals surface area contributed by atoms with Gasteiger partial charge in [0.15, 0.2) is 0 Å². The van der Waals surface area contributed by atoms with Crippen LogP contribution < -0.4 is 0 Å². The molecule has 1 aliphatic carbocycles. The zero-order valence-electron chi connectivity index (χ0n) is 16.6. The molecular weight excluding hydrogens is 340 g/mol. The smallest absolute Gasteiger partial charge is 0.0958 e. The number of aryl methyl sites for hydroxylation is 1. The fourth-order valence-electron chi connectivity index (χ4n) is 5.33. The van der Waals surface area contributed by atoms with Crippen LogP contribution in [-0.2, 0) is 13.0 Å². The Morgan fingerprint density at radius 3 is 2.57 bits per heavy atom. The van der Waals surface area contributed by atoms with E-state index in [1.807, 2.05) is 0 Å². The standard InChI is InChI=1S/C26H28N2/c1-26-18-28-19-27-25(21-11-6-3-7-12-21)24(28)17-23(26)14-8-13-22(26)16-15-20-9-4-2-5-10-20/h2-7,9-12,17,19,22H,8,13-16,18H2,1H3/t22-,26-/m1/s1. The topological polar surface area (TPSA) is 17.8 Å². The van der Waals surface area contributed by atoms with Crippen molar-refractivity contribution in [3.05, 3.63) is 83.8 Å². The molecule has 2 aromatic carbocycles. The van der Waals surface area contributed by atoms with Gasteiger partial charge in [-0.05, 0) is 49.7 Å². The lowest BCUT2D eigenvalue weighted by Crippen LogP contribution is -2.39. The number of imidazole rings is 1. The van der Waals surface area contributed by atoms with Crippen molar-refractivity contribution in [1.82, 2.24) is 9.55 Å². The van der Waals surface area contributed by atoms with Gasteiger partial charge in [0, 0.05) is 17.5 Å². The normalized spacial score (nSPS) is 23.6. The number of aromatic nitrogens is 2. The zero-order valence-corrected chi connectivity index (χ0v) is 16.6. The van der Waals surface area contributed by atoms with E-state index in [1.54, 1.807) is 5.57 Å². The van der Waals surface area contributed by atoms with Crippen molar-refractivity contribution < 1.29 is 0 Å². The fourth-order valence-corrected chi connectivity index (χ4v) is 5.33. The second-order valence-electron chi connectivity index (χ2n) is 8.67. The highest BCUT2D eigenvalue weighted by molar-refractivity contribution is 5.72. The van der Waals surface area contributed by atoms with Crippen LogP contribution in [0.1, 0.15) is 43.9 Å². The number of nitrogens with zero attached hydrogens (tertiary/aromatic N) is 2. The molecular formula is C26H28N2. The minimum atomic E-state index is 0.259. The summed E-state index contributed by atoms with van der Waals surface area (Å²) in [5.74, 6) is 0.739. The van der Waals surface area contributed by atoms with E-state index in [-0.39, 0.29) is 5.41 Å². The molecule has 142 valence electrons. The van der Waals surface area contributed by atoms with Crippen LogP contribution in [0.4, 0.5) is 0 Å². The second kappa shape index (κ2) is 7.09. The van der Waals surface area contributed by atoms with Crippen molar-refractivity contribution >= 4 is 6.08 Å². The van der Waals surface area contributed by atoms with Gasteiger partial charge in [0.25, 0.3) is 0 Å². The maximum atomic E-state index is 4.79. The lowest BCUT2D eigenvalue weighted by molar-refractivity contribution is 0.143. The highest BCUT2D eigenvalue weighted by Crippen LogP contribution is 2.51. The van der Waals surface area contributed by atoms with E-state index in [9.17, 15) is 0 Å². The van der Waals surface area contributed by atoms with Gasteiger partial charge in [-0.25, -0.2) is 4.98 Å². The largest absolute Gasteiger partial charge is 0.330 e. The van der Waals surface area contributed by atoms with Gasteiger partial charge in [-0.1, -0.05) is 73.2 Å². The Balaban J connectivity index is 1.44. The maximum Gasteiger partial charge on any atom is 0.0958 e. The molecule has 2 heterocycles. The number of allylic oxidation sites excluding steroid dienone is 1. The molecule has 0 amide bonds. The van der Waals surface area contributed by atoms with Crippen LogP contribution in [0.25, 0.3) is 17.3 Å². The van der Waals surface area contributed by atoms with Gasteiger partial charge in [-0.15, -0.1) is 0 Å². The van der Waals surface area contributed by atoms with Gasteiger partial charge < -0.3 is 4.57 Å². The van der Waals surface area contributed by atoms with Crippen LogP contribution >= 0.6 is 0 Å². The molecule has 5 rings (SSSR count). The molecule has 28 heavy (non-hydrogen) atoms. The van der Waals surface area contributed by atoms with Gasteiger partial charge in [0.1, 0.15) is 0 Å². The molecule has 2 aliphatic rings. The van der Waals surface area contributed by atoms with Crippen molar-refractivity contribution in [2.24, 2.45) is 11.3 Å². The van der Waals surface area contributed by atoms with E-state index >= 15 is 0 Å².